The van der Waals surface area contributed by atoms with Crippen LogP contribution in [0.25, 0.3) is 11.2 Å². The van der Waals surface area contributed by atoms with Crippen LogP contribution in [0.15, 0.2) is 54.9 Å². The third-order valence-electron chi connectivity index (χ3n) is 10.7. The first-order chi connectivity index (χ1) is 26.2. The first-order valence-electron chi connectivity index (χ1n) is 18.5. The molecule has 18 nitrogen and oxygen atoms in total. The number of carbonyl (C=O) groups excluding carboxylic acids is 1. The Labute approximate surface area is 322 Å². The summed E-state index contributed by atoms with van der Waals surface area (Å²) in [6, 6.07) is 12.6. The summed E-state index contributed by atoms with van der Waals surface area (Å²) in [4.78, 5) is 30.9. The predicted octanol–water partition coefficient (Wildman–Crippen LogP) is 1.60. The van der Waals surface area contributed by atoms with Crippen LogP contribution in [0, 0.1) is 0 Å². The number of aromatic hydroxyl groups is 2. The number of nitrogens with zero attached hydrogens (tertiary/aromatic N) is 9. The molecule has 2 aromatic carbocycles. The number of halogens is 1. The first-order valence-corrected chi connectivity index (χ1v) is 18.5. The Bertz CT molecular complexity index is 2030. The molecule has 5 heterocycles. The van der Waals surface area contributed by atoms with Crippen LogP contribution < -0.4 is 26.2 Å². The van der Waals surface area contributed by atoms with E-state index in [2.05, 4.69) is 36.7 Å². The number of hydrogen-bond acceptors (Lipinski definition) is 14. The van der Waals surface area contributed by atoms with E-state index in [1.54, 1.807) is 35.2 Å². The van der Waals surface area contributed by atoms with Crippen LogP contribution in [-0.2, 0) is 6.42 Å². The Morgan fingerprint density at radius 2 is 1.64 bits per heavy atom. The number of aromatic nitrogens is 8. The van der Waals surface area contributed by atoms with Crippen molar-refractivity contribution >= 4 is 41.4 Å². The molecule has 0 bridgehead atoms. The fourth-order valence-electron chi connectivity index (χ4n) is 7.73. The van der Waals surface area contributed by atoms with Crippen LogP contribution >= 0.6 is 12.4 Å². The van der Waals surface area contributed by atoms with Gasteiger partial charge in [-0.15, -0.1) is 22.6 Å². The van der Waals surface area contributed by atoms with Crippen molar-refractivity contribution in [3.8, 4) is 11.5 Å². The number of tetrazole rings is 1. The summed E-state index contributed by atoms with van der Waals surface area (Å²) in [5.74, 6) is 1.55. The molecule has 2 aliphatic heterocycles. The molecule has 3 aliphatic rings. The van der Waals surface area contributed by atoms with Gasteiger partial charge in [0, 0.05) is 50.6 Å². The fraction of sp³-hybridized carbons (Fsp3) is 0.472. The number of carbonyl (C=O) groups is 1. The molecule has 5 aromatic rings. The van der Waals surface area contributed by atoms with E-state index >= 15 is 0 Å². The highest BCUT2D eigenvalue weighted by molar-refractivity contribution is 5.85. The van der Waals surface area contributed by atoms with E-state index in [4.69, 9.17) is 15.0 Å². The van der Waals surface area contributed by atoms with Crippen molar-refractivity contribution in [1.29, 1.82) is 0 Å². The topological polar surface area (TPSA) is 237 Å². The number of imidazole rings is 1. The number of aliphatic hydroxyl groups is 2. The SMILES string of the molecule is CCc1nnn([C@H]2C[C@@H](n3cnc4c(NCC(c5ccc(O)cc5)c5ccc(O)cc5)nc(N5CC[C@@H](NC(=O)NC6CCNC6)C5)nc43)[C@H](O)[C@@H]2O)n1.Cl. The van der Waals surface area contributed by atoms with E-state index in [1.165, 1.54) is 4.80 Å². The summed E-state index contributed by atoms with van der Waals surface area (Å²) in [5, 5.41) is 68.1. The molecule has 2 amide bonds. The number of fused-ring (bicyclic) bond motifs is 1. The number of rotatable bonds is 11. The first kappa shape index (κ1) is 38.0. The van der Waals surface area contributed by atoms with Crippen molar-refractivity contribution in [2.45, 2.75) is 74.9 Å². The molecule has 1 saturated carbocycles. The van der Waals surface area contributed by atoms with E-state index < -0.39 is 24.3 Å². The second-order valence-corrected chi connectivity index (χ2v) is 14.3. The number of phenolic OH excluding ortho intramolecular Hbond substituents is 2. The monoisotopic (exact) mass is 775 g/mol. The molecule has 1 aliphatic carbocycles. The van der Waals surface area contributed by atoms with Crippen LogP contribution in [0.3, 0.4) is 0 Å². The average molecular weight is 776 g/mol. The van der Waals surface area contributed by atoms with Gasteiger partial charge in [0.05, 0.1) is 12.4 Å². The largest absolute Gasteiger partial charge is 0.508 e. The Kier molecular flexibility index (Phi) is 11.2. The lowest BCUT2D eigenvalue weighted by atomic mass is 9.91. The van der Waals surface area contributed by atoms with E-state index in [0.29, 0.717) is 67.7 Å². The molecule has 0 radical (unpaired) electrons. The Morgan fingerprint density at radius 1 is 0.945 bits per heavy atom. The maximum absolute atomic E-state index is 12.8. The molecular weight excluding hydrogens is 730 g/mol. The summed E-state index contributed by atoms with van der Waals surface area (Å²) in [7, 11) is 0. The van der Waals surface area contributed by atoms with Crippen LogP contribution in [0.1, 0.15) is 61.1 Å². The van der Waals surface area contributed by atoms with Gasteiger partial charge < -0.3 is 51.2 Å². The highest BCUT2D eigenvalue weighted by atomic mass is 35.5. The fourth-order valence-corrected chi connectivity index (χ4v) is 7.73. The summed E-state index contributed by atoms with van der Waals surface area (Å²) in [6.45, 7) is 5.02. The molecule has 292 valence electrons. The van der Waals surface area contributed by atoms with Gasteiger partial charge in [-0.1, -0.05) is 31.2 Å². The lowest BCUT2D eigenvalue weighted by Gasteiger charge is -2.22. The molecule has 8 N–H and O–H groups in total. The second-order valence-electron chi connectivity index (χ2n) is 14.3. The molecule has 2 saturated heterocycles. The zero-order valence-corrected chi connectivity index (χ0v) is 31.0. The third kappa shape index (κ3) is 7.93. The van der Waals surface area contributed by atoms with Gasteiger partial charge in [0.15, 0.2) is 22.8 Å². The maximum Gasteiger partial charge on any atom is 0.315 e. The number of anilines is 2. The van der Waals surface area contributed by atoms with Gasteiger partial charge in [-0.25, -0.2) is 9.78 Å². The van der Waals surface area contributed by atoms with E-state index in [1.807, 2.05) is 36.1 Å². The summed E-state index contributed by atoms with van der Waals surface area (Å²) in [6.07, 6.45) is 1.77. The van der Waals surface area contributed by atoms with E-state index in [9.17, 15) is 25.2 Å². The minimum absolute atomic E-state index is 0. The molecule has 8 rings (SSSR count). The number of urea groups is 1. The van der Waals surface area contributed by atoms with Crippen molar-refractivity contribution < 1.29 is 25.2 Å². The summed E-state index contributed by atoms with van der Waals surface area (Å²) in [5.41, 5.74) is 2.81. The number of nitrogens with one attached hydrogen (secondary N) is 4. The van der Waals surface area contributed by atoms with Gasteiger partial charge in [0.2, 0.25) is 5.95 Å². The van der Waals surface area contributed by atoms with Crippen LogP contribution in [0.5, 0.6) is 11.5 Å². The Morgan fingerprint density at radius 3 is 2.29 bits per heavy atom. The van der Waals surface area contributed by atoms with E-state index in [0.717, 1.165) is 30.6 Å². The maximum atomic E-state index is 12.8. The van der Waals surface area contributed by atoms with Gasteiger partial charge in [-0.2, -0.15) is 14.8 Å². The second kappa shape index (κ2) is 16.2. The number of amides is 2. The minimum Gasteiger partial charge on any atom is -0.508 e. The van der Waals surface area contributed by atoms with Crippen LogP contribution in [0.4, 0.5) is 16.6 Å². The Balaban J connectivity index is 0.00000465. The lowest BCUT2D eigenvalue weighted by molar-refractivity contribution is 0.00473. The third-order valence-corrected chi connectivity index (χ3v) is 10.7. The molecule has 3 fully saturated rings. The molecule has 6 atom stereocenters. The molecular formula is C36H46ClN13O5. The van der Waals surface area contributed by atoms with Crippen molar-refractivity contribution in [3.05, 3.63) is 71.8 Å². The van der Waals surface area contributed by atoms with Gasteiger partial charge in [-0.05, 0) is 66.4 Å². The van der Waals surface area contributed by atoms with Gasteiger partial charge in [0.1, 0.15) is 29.7 Å². The van der Waals surface area contributed by atoms with Gasteiger partial charge in [0.25, 0.3) is 0 Å². The van der Waals surface area contributed by atoms with Crippen LogP contribution in [-0.4, -0.2) is 123 Å². The molecule has 19 heteroatoms. The normalized spacial score (nSPS) is 23.7. The van der Waals surface area contributed by atoms with Gasteiger partial charge in [-0.3, -0.25) is 0 Å². The highest BCUT2D eigenvalue weighted by Gasteiger charge is 2.45. The van der Waals surface area contributed by atoms with Crippen molar-refractivity contribution in [2.24, 2.45) is 0 Å². The van der Waals surface area contributed by atoms with Crippen molar-refractivity contribution in [1.82, 2.24) is 55.7 Å². The van der Waals surface area contributed by atoms with Gasteiger partial charge >= 0.3 is 6.03 Å². The number of aliphatic hydroxyl groups excluding tert-OH is 2. The molecule has 0 spiro atoms. The zero-order chi connectivity index (χ0) is 37.3. The van der Waals surface area contributed by atoms with E-state index in [-0.39, 0.29) is 47.9 Å². The summed E-state index contributed by atoms with van der Waals surface area (Å²) >= 11 is 0. The Hall–Kier alpha value is -5.30. The highest BCUT2D eigenvalue weighted by Crippen LogP contribution is 2.40. The number of benzene rings is 2. The van der Waals surface area contributed by atoms with Crippen molar-refractivity contribution in [2.75, 3.05) is 42.9 Å². The quantitative estimate of drug-likeness (QED) is 0.0952. The number of aryl methyl sites for hydroxylation is 1. The summed E-state index contributed by atoms with van der Waals surface area (Å²) < 4.78 is 1.78. The zero-order valence-electron chi connectivity index (χ0n) is 30.2. The average Bonchev–Trinajstić information content (AvgIpc) is 4.03. The minimum atomic E-state index is -1.17. The molecule has 55 heavy (non-hydrogen) atoms. The van der Waals surface area contributed by atoms with Crippen molar-refractivity contribution in [3.63, 3.8) is 0 Å². The number of phenols is 2. The smallest absolute Gasteiger partial charge is 0.315 e. The lowest BCUT2D eigenvalue weighted by Crippen LogP contribution is -2.47. The standard InChI is InChI=1S/C36H45N13O5.ClH/c1-2-29-44-46-49(45-29)28-15-27(31(52)32(28)53)48-19-39-30-33(38-17-26(20-3-7-24(50)8-4-20)21-5-9-25(51)10-6-21)42-35(43-34(30)48)47-14-12-23(18-47)41-36(54)40-22-11-13-37-16-22;/h3-10,19,22-23,26-28,31-32,37,50-53H,2,11-18H2,1H3,(H,38,42,43)(H2,40,41,54);1H/t22?,23-,27-,28+,31+,32-;/m1./s1. The number of hydrogen-bond donors (Lipinski definition) is 8. The predicted molar refractivity (Wildman–Crippen MR) is 205 cm³/mol. The molecule has 3 aromatic heterocycles. The van der Waals surface area contributed by atoms with Crippen LogP contribution in [0.2, 0.25) is 0 Å². The molecule has 1 unspecified atom stereocenters.